The van der Waals surface area contributed by atoms with Gasteiger partial charge in [0.05, 0.1) is 16.8 Å². The van der Waals surface area contributed by atoms with Gasteiger partial charge in [0.25, 0.3) is 5.56 Å². The molecular formula is C18H17ClN4OS. The second kappa shape index (κ2) is 7.51. The van der Waals surface area contributed by atoms with Crippen LogP contribution in [0.3, 0.4) is 0 Å². The van der Waals surface area contributed by atoms with Crippen LogP contribution in [0.5, 0.6) is 0 Å². The minimum absolute atomic E-state index is 0. The molecule has 1 aromatic carbocycles. The Balaban J connectivity index is 0.00000225. The first kappa shape index (κ1) is 18.7. The maximum absolute atomic E-state index is 12.6. The van der Waals surface area contributed by atoms with E-state index in [-0.39, 0.29) is 18.0 Å². The van der Waals surface area contributed by atoms with Crippen molar-refractivity contribution in [1.82, 2.24) is 9.78 Å². The summed E-state index contributed by atoms with van der Waals surface area (Å²) in [6, 6.07) is 11.6. The molecule has 0 bridgehead atoms. The Morgan fingerprint density at radius 1 is 1.24 bits per heavy atom. The summed E-state index contributed by atoms with van der Waals surface area (Å²) in [6.07, 6.45) is 1.54. The number of rotatable bonds is 3. The van der Waals surface area contributed by atoms with Gasteiger partial charge in [0.2, 0.25) is 0 Å². The van der Waals surface area contributed by atoms with Gasteiger partial charge in [0.15, 0.2) is 0 Å². The van der Waals surface area contributed by atoms with Crippen molar-refractivity contribution in [3.05, 3.63) is 67.9 Å². The molecule has 0 saturated heterocycles. The second-order valence-corrected chi connectivity index (χ2v) is 6.66. The normalized spacial score (nSPS) is 10.6. The van der Waals surface area contributed by atoms with Gasteiger partial charge in [-0.25, -0.2) is 9.67 Å². The number of nitrogens with one attached hydrogen (secondary N) is 1. The number of aryl methyl sites for hydroxylation is 2. The van der Waals surface area contributed by atoms with Crippen LogP contribution in [0.4, 0.5) is 5.00 Å². The molecule has 0 saturated carbocycles. The smallest absolute Gasteiger partial charge is 0.280 e. The number of nitriles is 1. The molecule has 2 heterocycles. The SMILES string of the molecule is Cc1[nH]n(-c2ccccc2)c(=O)c1/C=N/c1sc(C)c(C)c1C#N.Cl. The van der Waals surface area contributed by atoms with Crippen molar-refractivity contribution < 1.29 is 0 Å². The number of aliphatic imine (C=N–C) groups is 1. The topological polar surface area (TPSA) is 73.9 Å². The van der Waals surface area contributed by atoms with Crippen molar-refractivity contribution in [3.8, 4) is 11.8 Å². The molecule has 7 heteroatoms. The van der Waals surface area contributed by atoms with E-state index in [1.165, 1.54) is 16.0 Å². The molecule has 0 aliphatic heterocycles. The molecule has 0 unspecified atom stereocenters. The summed E-state index contributed by atoms with van der Waals surface area (Å²) in [5, 5.41) is 13.0. The minimum atomic E-state index is -0.161. The fourth-order valence-electron chi connectivity index (χ4n) is 2.43. The lowest BCUT2D eigenvalue weighted by atomic mass is 10.2. The second-order valence-electron chi connectivity index (χ2n) is 5.46. The molecule has 3 rings (SSSR count). The molecule has 3 aromatic rings. The van der Waals surface area contributed by atoms with E-state index >= 15 is 0 Å². The monoisotopic (exact) mass is 372 g/mol. The molecule has 0 aliphatic carbocycles. The first-order valence-electron chi connectivity index (χ1n) is 7.44. The van der Waals surface area contributed by atoms with Crippen LogP contribution in [-0.4, -0.2) is 16.0 Å². The molecule has 5 nitrogen and oxygen atoms in total. The van der Waals surface area contributed by atoms with E-state index in [1.54, 1.807) is 6.21 Å². The Kier molecular flexibility index (Phi) is 5.62. The van der Waals surface area contributed by atoms with Crippen LogP contribution in [0.2, 0.25) is 0 Å². The van der Waals surface area contributed by atoms with Crippen LogP contribution in [0.15, 0.2) is 40.1 Å². The van der Waals surface area contributed by atoms with Crippen molar-refractivity contribution in [2.45, 2.75) is 20.8 Å². The summed E-state index contributed by atoms with van der Waals surface area (Å²) in [6.45, 7) is 5.70. The number of H-pyrrole nitrogens is 1. The summed E-state index contributed by atoms with van der Waals surface area (Å²) < 4.78 is 1.49. The van der Waals surface area contributed by atoms with Crippen LogP contribution in [0.1, 0.15) is 27.3 Å². The summed E-state index contributed by atoms with van der Waals surface area (Å²) in [5.74, 6) is 0. The Morgan fingerprint density at radius 3 is 2.56 bits per heavy atom. The van der Waals surface area contributed by atoms with Crippen LogP contribution in [0.25, 0.3) is 5.69 Å². The number of aromatic nitrogens is 2. The summed E-state index contributed by atoms with van der Waals surface area (Å²) >= 11 is 1.46. The quantitative estimate of drug-likeness (QED) is 0.700. The van der Waals surface area contributed by atoms with E-state index in [4.69, 9.17) is 0 Å². The molecule has 25 heavy (non-hydrogen) atoms. The van der Waals surface area contributed by atoms with Gasteiger partial charge in [-0.05, 0) is 38.5 Å². The predicted octanol–water partition coefficient (Wildman–Crippen LogP) is 4.20. The fraction of sp³-hybridized carbons (Fsp3) is 0.167. The highest BCUT2D eigenvalue weighted by Crippen LogP contribution is 2.33. The third-order valence-corrected chi connectivity index (χ3v) is 5.04. The van der Waals surface area contributed by atoms with Crippen LogP contribution >= 0.6 is 23.7 Å². The Bertz CT molecular complexity index is 1020. The zero-order valence-electron chi connectivity index (χ0n) is 14.0. The van der Waals surface area contributed by atoms with Crippen LogP contribution < -0.4 is 5.56 Å². The minimum Gasteiger partial charge on any atom is -0.295 e. The molecule has 0 aliphatic rings. The lowest BCUT2D eigenvalue weighted by molar-refractivity contribution is 0.835. The Labute approximate surface area is 155 Å². The van der Waals surface area contributed by atoms with Gasteiger partial charge in [-0.2, -0.15) is 5.26 Å². The number of hydrogen-bond donors (Lipinski definition) is 1. The lowest BCUT2D eigenvalue weighted by Gasteiger charge is -1.99. The third kappa shape index (κ3) is 3.43. The van der Waals surface area contributed by atoms with Gasteiger partial charge in [-0.1, -0.05) is 18.2 Å². The van der Waals surface area contributed by atoms with Crippen LogP contribution in [-0.2, 0) is 0 Å². The van der Waals surface area contributed by atoms with E-state index in [1.807, 2.05) is 51.1 Å². The van der Waals surface area contributed by atoms with Gasteiger partial charge < -0.3 is 0 Å². The number of para-hydroxylation sites is 1. The Hall–Kier alpha value is -2.62. The largest absolute Gasteiger partial charge is 0.295 e. The highest BCUT2D eigenvalue weighted by molar-refractivity contribution is 7.16. The summed E-state index contributed by atoms with van der Waals surface area (Å²) in [4.78, 5) is 18.1. The first-order valence-corrected chi connectivity index (χ1v) is 8.25. The van der Waals surface area contributed by atoms with E-state index in [2.05, 4.69) is 16.2 Å². The van der Waals surface area contributed by atoms with Crippen LogP contribution in [0, 0.1) is 32.1 Å². The number of thiophene rings is 1. The number of halogens is 1. The van der Waals surface area contributed by atoms with E-state index in [9.17, 15) is 10.1 Å². The maximum atomic E-state index is 12.6. The van der Waals surface area contributed by atoms with Gasteiger partial charge in [0.1, 0.15) is 11.1 Å². The summed E-state index contributed by atoms with van der Waals surface area (Å²) in [7, 11) is 0. The molecule has 0 spiro atoms. The molecular weight excluding hydrogens is 356 g/mol. The average Bonchev–Trinajstić information content (AvgIpc) is 3.02. The highest BCUT2D eigenvalue weighted by Gasteiger charge is 2.13. The van der Waals surface area contributed by atoms with Crippen molar-refractivity contribution in [3.63, 3.8) is 0 Å². The van der Waals surface area contributed by atoms with Crippen molar-refractivity contribution >= 4 is 35.0 Å². The fourth-order valence-corrected chi connectivity index (χ4v) is 3.38. The predicted molar refractivity (Wildman–Crippen MR) is 104 cm³/mol. The molecule has 0 amide bonds. The zero-order valence-corrected chi connectivity index (χ0v) is 15.7. The number of aromatic amines is 1. The van der Waals surface area contributed by atoms with Crippen molar-refractivity contribution in [2.75, 3.05) is 0 Å². The van der Waals surface area contributed by atoms with Gasteiger partial charge in [-0.3, -0.25) is 9.89 Å². The summed E-state index contributed by atoms with van der Waals surface area (Å²) in [5.41, 5.74) is 3.35. The molecule has 0 radical (unpaired) electrons. The standard InChI is InChI=1S/C18H16N4OS.ClH/c1-11-13(3)24-17(15(11)9-19)20-10-16-12(2)21-22(18(16)23)14-7-5-4-6-8-14;/h4-8,10,21H,1-3H3;1H/b20-10+;. The molecule has 0 atom stereocenters. The average molecular weight is 373 g/mol. The molecule has 128 valence electrons. The molecule has 2 aromatic heterocycles. The molecule has 1 N–H and O–H groups in total. The zero-order chi connectivity index (χ0) is 17.3. The van der Waals surface area contributed by atoms with E-state index < -0.39 is 0 Å². The van der Waals surface area contributed by atoms with E-state index in [0.717, 1.165) is 21.8 Å². The molecule has 0 fully saturated rings. The first-order chi connectivity index (χ1) is 11.5. The van der Waals surface area contributed by atoms with Crippen molar-refractivity contribution in [1.29, 1.82) is 5.26 Å². The number of nitrogens with zero attached hydrogens (tertiary/aromatic N) is 3. The maximum Gasteiger partial charge on any atom is 0.280 e. The van der Waals surface area contributed by atoms with E-state index in [0.29, 0.717) is 16.1 Å². The Morgan fingerprint density at radius 2 is 1.92 bits per heavy atom. The third-order valence-electron chi connectivity index (χ3n) is 3.92. The van der Waals surface area contributed by atoms with Gasteiger partial charge >= 0.3 is 0 Å². The lowest BCUT2D eigenvalue weighted by Crippen LogP contribution is -2.17. The highest BCUT2D eigenvalue weighted by atomic mass is 35.5. The van der Waals surface area contributed by atoms with Gasteiger partial charge in [0, 0.05) is 16.8 Å². The van der Waals surface area contributed by atoms with Gasteiger partial charge in [-0.15, -0.1) is 23.7 Å². The number of hydrogen-bond acceptors (Lipinski definition) is 4. The number of benzene rings is 1. The van der Waals surface area contributed by atoms with Crippen molar-refractivity contribution in [2.24, 2.45) is 4.99 Å².